The van der Waals surface area contributed by atoms with E-state index in [-0.39, 0.29) is 12.5 Å². The molecule has 0 N–H and O–H groups in total. The molecule has 0 aliphatic rings. The van der Waals surface area contributed by atoms with Crippen LogP contribution < -0.4 is 9.47 Å². The SMILES string of the molecule is C=C(C)CN(CC)C(=O)COC(=O)/C=C/c1cc(OC)ccc1OC. The Kier molecular flexibility index (Phi) is 8.26. The molecule has 0 bridgehead atoms. The second-order valence-electron chi connectivity index (χ2n) is 5.41. The van der Waals surface area contributed by atoms with Gasteiger partial charge in [-0.3, -0.25) is 4.79 Å². The van der Waals surface area contributed by atoms with Gasteiger partial charge in [-0.1, -0.05) is 12.2 Å². The van der Waals surface area contributed by atoms with Gasteiger partial charge in [-0.25, -0.2) is 4.79 Å². The molecule has 0 heterocycles. The molecule has 25 heavy (non-hydrogen) atoms. The van der Waals surface area contributed by atoms with Crippen LogP contribution in [0.15, 0.2) is 36.4 Å². The van der Waals surface area contributed by atoms with Gasteiger partial charge in [0.2, 0.25) is 0 Å². The number of carbonyl (C=O) groups excluding carboxylic acids is 2. The summed E-state index contributed by atoms with van der Waals surface area (Å²) in [4.78, 5) is 25.4. The van der Waals surface area contributed by atoms with Crippen molar-refractivity contribution in [1.82, 2.24) is 4.90 Å². The van der Waals surface area contributed by atoms with Crippen LogP contribution in [0, 0.1) is 0 Å². The molecule has 6 heteroatoms. The molecule has 0 saturated carbocycles. The number of ether oxygens (including phenoxy) is 3. The predicted molar refractivity (Wildman–Crippen MR) is 96.6 cm³/mol. The second kappa shape index (κ2) is 10.2. The molecule has 0 fully saturated rings. The fourth-order valence-electron chi connectivity index (χ4n) is 2.10. The summed E-state index contributed by atoms with van der Waals surface area (Å²) in [6.07, 6.45) is 2.80. The highest BCUT2D eigenvalue weighted by Crippen LogP contribution is 2.25. The Morgan fingerprint density at radius 1 is 1.24 bits per heavy atom. The molecular weight excluding hydrogens is 322 g/mol. The molecule has 0 saturated heterocycles. The zero-order valence-electron chi connectivity index (χ0n) is 15.2. The third-order valence-corrected chi connectivity index (χ3v) is 3.37. The van der Waals surface area contributed by atoms with Crippen molar-refractivity contribution in [3.8, 4) is 11.5 Å². The number of carbonyl (C=O) groups is 2. The lowest BCUT2D eigenvalue weighted by Crippen LogP contribution is -2.35. The Morgan fingerprint density at radius 2 is 1.96 bits per heavy atom. The van der Waals surface area contributed by atoms with Crippen molar-refractivity contribution in [3.05, 3.63) is 42.0 Å². The van der Waals surface area contributed by atoms with E-state index in [4.69, 9.17) is 14.2 Å². The van der Waals surface area contributed by atoms with Crippen molar-refractivity contribution in [3.63, 3.8) is 0 Å². The first kappa shape index (κ1) is 20.3. The zero-order chi connectivity index (χ0) is 18.8. The Morgan fingerprint density at radius 3 is 2.52 bits per heavy atom. The van der Waals surface area contributed by atoms with E-state index in [0.717, 1.165) is 5.57 Å². The monoisotopic (exact) mass is 347 g/mol. The van der Waals surface area contributed by atoms with Crippen molar-refractivity contribution < 1.29 is 23.8 Å². The molecule has 1 rings (SSSR count). The topological polar surface area (TPSA) is 65.1 Å². The number of hydrogen-bond donors (Lipinski definition) is 0. The molecule has 0 aliphatic heterocycles. The molecule has 136 valence electrons. The van der Waals surface area contributed by atoms with Crippen LogP contribution in [0.2, 0.25) is 0 Å². The van der Waals surface area contributed by atoms with Gasteiger partial charge >= 0.3 is 5.97 Å². The maximum atomic E-state index is 12.0. The summed E-state index contributed by atoms with van der Waals surface area (Å²) in [5, 5.41) is 0. The number of methoxy groups -OCH3 is 2. The highest BCUT2D eigenvalue weighted by atomic mass is 16.5. The number of likely N-dealkylation sites (N-methyl/N-ethyl adjacent to an activating group) is 1. The van der Waals surface area contributed by atoms with Crippen LogP contribution >= 0.6 is 0 Å². The van der Waals surface area contributed by atoms with E-state index in [1.54, 1.807) is 36.3 Å². The fraction of sp³-hybridized carbons (Fsp3) is 0.368. The third-order valence-electron chi connectivity index (χ3n) is 3.37. The Hall–Kier alpha value is -2.76. The van der Waals surface area contributed by atoms with Crippen LogP contribution in [0.3, 0.4) is 0 Å². The minimum Gasteiger partial charge on any atom is -0.497 e. The average Bonchev–Trinajstić information content (AvgIpc) is 2.61. The molecule has 1 aromatic rings. The third kappa shape index (κ3) is 6.71. The van der Waals surface area contributed by atoms with Crippen molar-refractivity contribution >= 4 is 18.0 Å². The van der Waals surface area contributed by atoms with Crippen molar-refractivity contribution in [2.75, 3.05) is 33.9 Å². The number of nitrogens with zero attached hydrogens (tertiary/aromatic N) is 1. The van der Waals surface area contributed by atoms with E-state index in [9.17, 15) is 9.59 Å². The van der Waals surface area contributed by atoms with Gasteiger partial charge in [0.05, 0.1) is 14.2 Å². The van der Waals surface area contributed by atoms with Gasteiger partial charge in [0, 0.05) is 24.7 Å². The van der Waals surface area contributed by atoms with Gasteiger partial charge in [0.25, 0.3) is 5.91 Å². The lowest BCUT2D eigenvalue weighted by molar-refractivity contribution is -0.147. The maximum absolute atomic E-state index is 12.0. The summed E-state index contributed by atoms with van der Waals surface area (Å²) in [6, 6.07) is 5.23. The van der Waals surface area contributed by atoms with Gasteiger partial charge in [0.15, 0.2) is 6.61 Å². The number of rotatable bonds is 9. The lowest BCUT2D eigenvalue weighted by Gasteiger charge is -2.20. The van der Waals surface area contributed by atoms with Crippen molar-refractivity contribution in [2.24, 2.45) is 0 Å². The summed E-state index contributed by atoms with van der Waals surface area (Å²) < 4.78 is 15.4. The highest BCUT2D eigenvalue weighted by molar-refractivity contribution is 5.89. The van der Waals surface area contributed by atoms with E-state index >= 15 is 0 Å². The van der Waals surface area contributed by atoms with E-state index in [1.807, 2.05) is 13.8 Å². The van der Waals surface area contributed by atoms with Gasteiger partial charge in [-0.15, -0.1) is 0 Å². The van der Waals surface area contributed by atoms with E-state index in [2.05, 4.69) is 6.58 Å². The average molecular weight is 347 g/mol. The van der Waals surface area contributed by atoms with Crippen molar-refractivity contribution in [1.29, 1.82) is 0 Å². The summed E-state index contributed by atoms with van der Waals surface area (Å²) in [5.74, 6) is 0.373. The van der Waals surface area contributed by atoms with Crippen LogP contribution in [-0.2, 0) is 14.3 Å². The molecular formula is C19H25NO5. The quantitative estimate of drug-likeness (QED) is 0.390. The predicted octanol–water partition coefficient (Wildman–Crippen LogP) is 2.68. The zero-order valence-corrected chi connectivity index (χ0v) is 15.2. The smallest absolute Gasteiger partial charge is 0.331 e. The molecule has 6 nitrogen and oxygen atoms in total. The first-order valence-electron chi connectivity index (χ1n) is 7.90. The molecule has 1 aromatic carbocycles. The molecule has 0 atom stereocenters. The summed E-state index contributed by atoms with van der Waals surface area (Å²) in [7, 11) is 3.09. The minimum atomic E-state index is -0.607. The Labute approximate surface area is 148 Å². The standard InChI is InChI=1S/C19H25NO5/c1-6-20(12-14(2)3)18(21)13-25-19(22)10-7-15-11-16(23-4)8-9-17(15)24-5/h7-11H,2,6,12-13H2,1,3-5H3/b10-7+. The minimum absolute atomic E-state index is 0.258. The van der Waals surface area contributed by atoms with Gasteiger partial charge in [-0.2, -0.15) is 0 Å². The Balaban J connectivity index is 2.66. The molecule has 1 amide bonds. The first-order chi connectivity index (χ1) is 11.9. The molecule has 0 aliphatic carbocycles. The largest absolute Gasteiger partial charge is 0.497 e. The lowest BCUT2D eigenvalue weighted by atomic mass is 10.1. The first-order valence-corrected chi connectivity index (χ1v) is 7.90. The summed E-state index contributed by atoms with van der Waals surface area (Å²) in [5.41, 5.74) is 1.54. The van der Waals surface area contributed by atoms with Crippen LogP contribution in [0.5, 0.6) is 11.5 Å². The highest BCUT2D eigenvalue weighted by Gasteiger charge is 2.13. The number of hydrogen-bond acceptors (Lipinski definition) is 5. The maximum Gasteiger partial charge on any atom is 0.331 e. The fourth-order valence-corrected chi connectivity index (χ4v) is 2.10. The summed E-state index contributed by atoms with van der Waals surface area (Å²) in [6.45, 7) is 8.15. The van der Waals surface area contributed by atoms with Gasteiger partial charge < -0.3 is 19.1 Å². The molecule has 0 spiro atoms. The van der Waals surface area contributed by atoms with Gasteiger partial charge in [-0.05, 0) is 38.1 Å². The molecule has 0 unspecified atom stereocenters. The number of esters is 1. The van der Waals surface area contributed by atoms with E-state index in [1.165, 1.54) is 13.2 Å². The van der Waals surface area contributed by atoms with Crippen LogP contribution in [-0.4, -0.2) is 50.7 Å². The molecule has 0 radical (unpaired) electrons. The second-order valence-corrected chi connectivity index (χ2v) is 5.41. The van der Waals surface area contributed by atoms with Gasteiger partial charge in [0.1, 0.15) is 11.5 Å². The molecule has 0 aromatic heterocycles. The van der Waals surface area contributed by atoms with E-state index in [0.29, 0.717) is 30.2 Å². The summed E-state index contributed by atoms with van der Waals surface area (Å²) >= 11 is 0. The van der Waals surface area contributed by atoms with Crippen molar-refractivity contribution in [2.45, 2.75) is 13.8 Å². The number of benzene rings is 1. The van der Waals surface area contributed by atoms with Crippen LogP contribution in [0.25, 0.3) is 6.08 Å². The number of amides is 1. The van der Waals surface area contributed by atoms with Crippen LogP contribution in [0.4, 0.5) is 0 Å². The van der Waals surface area contributed by atoms with E-state index < -0.39 is 5.97 Å². The normalized spacial score (nSPS) is 10.4. The Bertz CT molecular complexity index is 651. The van der Waals surface area contributed by atoms with Crippen LogP contribution in [0.1, 0.15) is 19.4 Å².